The number of rotatable bonds is 2. The minimum absolute atomic E-state index is 0.101. The Bertz CT molecular complexity index is 124. The number of nitrogens with one attached hydrogen (secondary N) is 1. The first-order valence-electron chi connectivity index (χ1n) is 4.38. The van der Waals surface area contributed by atoms with Crippen LogP contribution >= 0.6 is 0 Å². The molecule has 1 aliphatic heterocycles. The van der Waals surface area contributed by atoms with Gasteiger partial charge in [-0.05, 0) is 11.8 Å². The SMILES string of the molecule is CC(C)(C)CC(O)C1CNC1. The van der Waals surface area contributed by atoms with Crippen molar-refractivity contribution < 1.29 is 5.11 Å². The highest BCUT2D eigenvalue weighted by atomic mass is 16.3. The number of hydrogen-bond donors (Lipinski definition) is 2. The van der Waals surface area contributed by atoms with Gasteiger partial charge in [0.1, 0.15) is 0 Å². The Labute approximate surface area is 69.0 Å². The maximum Gasteiger partial charge on any atom is 0.0597 e. The lowest BCUT2D eigenvalue weighted by Crippen LogP contribution is -2.49. The van der Waals surface area contributed by atoms with Gasteiger partial charge in [-0.3, -0.25) is 0 Å². The van der Waals surface area contributed by atoms with E-state index in [0.717, 1.165) is 19.5 Å². The highest BCUT2D eigenvalue weighted by molar-refractivity contribution is 4.83. The van der Waals surface area contributed by atoms with Crippen molar-refractivity contribution in [3.8, 4) is 0 Å². The maximum atomic E-state index is 9.66. The van der Waals surface area contributed by atoms with E-state index >= 15 is 0 Å². The van der Waals surface area contributed by atoms with Crippen molar-refractivity contribution in [1.82, 2.24) is 5.32 Å². The molecule has 0 saturated carbocycles. The molecule has 66 valence electrons. The zero-order valence-electron chi connectivity index (χ0n) is 7.72. The fourth-order valence-corrected chi connectivity index (χ4v) is 1.38. The molecule has 0 bridgehead atoms. The molecule has 2 N–H and O–H groups in total. The van der Waals surface area contributed by atoms with Crippen LogP contribution in [0.4, 0.5) is 0 Å². The lowest BCUT2D eigenvalue weighted by atomic mass is 9.83. The summed E-state index contributed by atoms with van der Waals surface area (Å²) in [4.78, 5) is 0. The molecule has 2 heteroatoms. The molecule has 1 rings (SSSR count). The van der Waals surface area contributed by atoms with Crippen molar-refractivity contribution in [3.63, 3.8) is 0 Å². The molecule has 0 aromatic heterocycles. The van der Waals surface area contributed by atoms with Crippen LogP contribution in [-0.4, -0.2) is 24.3 Å². The molecule has 0 amide bonds. The maximum absolute atomic E-state index is 9.66. The van der Waals surface area contributed by atoms with E-state index in [0.29, 0.717) is 5.92 Å². The Morgan fingerprint density at radius 3 is 2.27 bits per heavy atom. The summed E-state index contributed by atoms with van der Waals surface area (Å²) in [5.41, 5.74) is 0.259. The average molecular weight is 157 g/mol. The van der Waals surface area contributed by atoms with Crippen molar-refractivity contribution in [2.45, 2.75) is 33.3 Å². The molecule has 1 saturated heterocycles. The first kappa shape index (κ1) is 9.01. The smallest absolute Gasteiger partial charge is 0.0597 e. The fourth-order valence-electron chi connectivity index (χ4n) is 1.38. The summed E-state index contributed by atoms with van der Waals surface area (Å²) in [7, 11) is 0. The minimum Gasteiger partial charge on any atom is -0.393 e. The van der Waals surface area contributed by atoms with E-state index in [4.69, 9.17) is 0 Å². The van der Waals surface area contributed by atoms with E-state index in [1.165, 1.54) is 0 Å². The van der Waals surface area contributed by atoms with Gasteiger partial charge in [0.15, 0.2) is 0 Å². The lowest BCUT2D eigenvalue weighted by molar-refractivity contribution is 0.0424. The van der Waals surface area contributed by atoms with E-state index in [9.17, 15) is 5.11 Å². The van der Waals surface area contributed by atoms with Gasteiger partial charge in [-0.15, -0.1) is 0 Å². The normalized spacial score (nSPS) is 22.9. The van der Waals surface area contributed by atoms with Crippen molar-refractivity contribution in [1.29, 1.82) is 0 Å². The van der Waals surface area contributed by atoms with Gasteiger partial charge in [-0.25, -0.2) is 0 Å². The van der Waals surface area contributed by atoms with E-state index in [-0.39, 0.29) is 11.5 Å². The average Bonchev–Trinajstić information content (AvgIpc) is 1.50. The number of aliphatic hydroxyl groups is 1. The Balaban J connectivity index is 2.24. The molecule has 11 heavy (non-hydrogen) atoms. The third kappa shape index (κ3) is 2.80. The first-order chi connectivity index (χ1) is 4.99. The molecule has 1 atom stereocenters. The van der Waals surface area contributed by atoms with Crippen LogP contribution in [0.1, 0.15) is 27.2 Å². The summed E-state index contributed by atoms with van der Waals surface area (Å²) in [6.45, 7) is 8.50. The molecule has 1 unspecified atom stereocenters. The largest absolute Gasteiger partial charge is 0.393 e. The highest BCUT2D eigenvalue weighted by Crippen LogP contribution is 2.25. The van der Waals surface area contributed by atoms with Crippen molar-refractivity contribution >= 4 is 0 Å². The summed E-state index contributed by atoms with van der Waals surface area (Å²) in [5.74, 6) is 0.509. The number of hydrogen-bond acceptors (Lipinski definition) is 2. The second kappa shape index (κ2) is 3.11. The second-order valence-corrected chi connectivity index (χ2v) is 4.75. The van der Waals surface area contributed by atoms with E-state index in [1.807, 2.05) is 0 Å². The van der Waals surface area contributed by atoms with Crippen LogP contribution in [0.15, 0.2) is 0 Å². The Morgan fingerprint density at radius 2 is 2.00 bits per heavy atom. The van der Waals surface area contributed by atoms with Crippen LogP contribution in [0.2, 0.25) is 0 Å². The fraction of sp³-hybridized carbons (Fsp3) is 1.00. The summed E-state index contributed by atoms with van der Waals surface area (Å²) in [6, 6.07) is 0. The molecule has 0 aromatic rings. The zero-order chi connectivity index (χ0) is 8.48. The molecular weight excluding hydrogens is 138 g/mol. The van der Waals surface area contributed by atoms with Gasteiger partial charge in [-0.1, -0.05) is 20.8 Å². The molecule has 1 aliphatic rings. The molecule has 1 heterocycles. The van der Waals surface area contributed by atoms with Gasteiger partial charge in [0.2, 0.25) is 0 Å². The number of aliphatic hydroxyl groups excluding tert-OH is 1. The quantitative estimate of drug-likeness (QED) is 0.627. The summed E-state index contributed by atoms with van der Waals surface area (Å²) in [5, 5.41) is 12.8. The first-order valence-corrected chi connectivity index (χ1v) is 4.38. The Hall–Kier alpha value is -0.0800. The van der Waals surface area contributed by atoms with Gasteiger partial charge < -0.3 is 10.4 Å². The van der Waals surface area contributed by atoms with E-state index in [1.54, 1.807) is 0 Å². The monoisotopic (exact) mass is 157 g/mol. The van der Waals surface area contributed by atoms with Gasteiger partial charge >= 0.3 is 0 Å². The molecule has 1 fully saturated rings. The van der Waals surface area contributed by atoms with Crippen molar-refractivity contribution in [3.05, 3.63) is 0 Å². The Kier molecular flexibility index (Phi) is 2.55. The lowest BCUT2D eigenvalue weighted by Gasteiger charge is -2.34. The van der Waals surface area contributed by atoms with Gasteiger partial charge in [0.05, 0.1) is 6.10 Å². The summed E-state index contributed by atoms with van der Waals surface area (Å²) in [6.07, 6.45) is 0.815. The molecule has 0 aromatic carbocycles. The van der Waals surface area contributed by atoms with E-state index in [2.05, 4.69) is 26.1 Å². The second-order valence-electron chi connectivity index (χ2n) is 4.75. The van der Waals surface area contributed by atoms with Crippen LogP contribution < -0.4 is 5.32 Å². The summed E-state index contributed by atoms with van der Waals surface area (Å²) < 4.78 is 0. The van der Waals surface area contributed by atoms with Crippen molar-refractivity contribution in [2.75, 3.05) is 13.1 Å². The Morgan fingerprint density at radius 1 is 1.45 bits per heavy atom. The summed E-state index contributed by atoms with van der Waals surface area (Å²) >= 11 is 0. The topological polar surface area (TPSA) is 32.3 Å². The van der Waals surface area contributed by atoms with Crippen LogP contribution in [-0.2, 0) is 0 Å². The van der Waals surface area contributed by atoms with Crippen molar-refractivity contribution in [2.24, 2.45) is 11.3 Å². The van der Waals surface area contributed by atoms with E-state index < -0.39 is 0 Å². The molecule has 0 spiro atoms. The van der Waals surface area contributed by atoms with Crippen LogP contribution in [0.25, 0.3) is 0 Å². The molecule has 0 radical (unpaired) electrons. The van der Waals surface area contributed by atoms with Crippen LogP contribution in [0.3, 0.4) is 0 Å². The standard InChI is InChI=1S/C9H19NO/c1-9(2,3)4-8(11)7-5-10-6-7/h7-8,10-11H,4-6H2,1-3H3. The highest BCUT2D eigenvalue weighted by Gasteiger charge is 2.28. The third-order valence-corrected chi connectivity index (χ3v) is 2.18. The molecule has 0 aliphatic carbocycles. The van der Waals surface area contributed by atoms with Gasteiger partial charge in [0, 0.05) is 19.0 Å². The predicted octanol–water partition coefficient (Wildman–Crippen LogP) is 1.00. The third-order valence-electron chi connectivity index (χ3n) is 2.18. The predicted molar refractivity (Wildman–Crippen MR) is 46.4 cm³/mol. The molecule has 2 nitrogen and oxygen atoms in total. The molecular formula is C9H19NO. The van der Waals surface area contributed by atoms with Gasteiger partial charge in [0.25, 0.3) is 0 Å². The van der Waals surface area contributed by atoms with Gasteiger partial charge in [-0.2, -0.15) is 0 Å². The minimum atomic E-state index is -0.101. The van der Waals surface area contributed by atoms with Crippen LogP contribution in [0, 0.1) is 11.3 Å². The zero-order valence-corrected chi connectivity index (χ0v) is 7.72. The van der Waals surface area contributed by atoms with Crippen LogP contribution in [0.5, 0.6) is 0 Å².